The molecule has 1 aromatic heterocycles. The molecular formula is C15H11F2N. The molecule has 0 radical (unpaired) electrons. The molecule has 0 atom stereocenters. The summed E-state index contributed by atoms with van der Waals surface area (Å²) in [5, 5.41) is 0.826. The lowest BCUT2D eigenvalue weighted by atomic mass is 10.1. The van der Waals surface area contributed by atoms with E-state index < -0.39 is 0 Å². The minimum absolute atomic E-state index is 0.265. The molecule has 90 valence electrons. The van der Waals surface area contributed by atoms with Crippen molar-refractivity contribution in [3.05, 3.63) is 59.7 Å². The predicted octanol–water partition coefficient (Wildman–Crippen LogP) is 4.42. The van der Waals surface area contributed by atoms with E-state index >= 15 is 0 Å². The first kappa shape index (κ1) is 11.0. The smallest absolute Gasteiger partial charge is 0.147 e. The molecule has 0 fully saturated rings. The van der Waals surface area contributed by atoms with Crippen molar-refractivity contribution in [3.63, 3.8) is 0 Å². The first-order valence-corrected chi connectivity index (χ1v) is 5.68. The van der Waals surface area contributed by atoms with E-state index in [-0.39, 0.29) is 11.6 Å². The highest BCUT2D eigenvalue weighted by molar-refractivity contribution is 5.86. The van der Waals surface area contributed by atoms with Crippen molar-refractivity contribution in [1.29, 1.82) is 0 Å². The van der Waals surface area contributed by atoms with Crippen LogP contribution >= 0.6 is 0 Å². The maximum atomic E-state index is 13.7. The Morgan fingerprint density at radius 3 is 2.39 bits per heavy atom. The molecule has 0 saturated carbocycles. The molecule has 0 unspecified atom stereocenters. The molecule has 0 saturated heterocycles. The second-order valence-electron chi connectivity index (χ2n) is 4.40. The zero-order valence-electron chi connectivity index (χ0n) is 9.80. The van der Waals surface area contributed by atoms with Crippen LogP contribution < -0.4 is 0 Å². The normalized spacial score (nSPS) is 11.1. The Kier molecular flexibility index (Phi) is 2.40. The van der Waals surface area contributed by atoms with Crippen molar-refractivity contribution in [2.75, 3.05) is 0 Å². The van der Waals surface area contributed by atoms with Gasteiger partial charge in [0, 0.05) is 11.1 Å². The van der Waals surface area contributed by atoms with Crippen LogP contribution in [-0.2, 0) is 0 Å². The summed E-state index contributed by atoms with van der Waals surface area (Å²) < 4.78 is 26.6. The van der Waals surface area contributed by atoms with E-state index in [1.165, 1.54) is 18.2 Å². The highest BCUT2D eigenvalue weighted by Gasteiger charge is 2.08. The summed E-state index contributed by atoms with van der Waals surface area (Å²) >= 11 is 0. The third-order valence-electron chi connectivity index (χ3n) is 2.98. The standard InChI is InChI=1S/C15H11F2N/c1-9-6-11-8-14(18-15(11)13(17)7-9)10-2-4-12(16)5-3-10/h2-8,18H,1H3. The zero-order chi connectivity index (χ0) is 12.7. The van der Waals surface area contributed by atoms with Gasteiger partial charge in [-0.05, 0) is 60.5 Å². The van der Waals surface area contributed by atoms with E-state index in [2.05, 4.69) is 4.98 Å². The summed E-state index contributed by atoms with van der Waals surface area (Å²) in [5.41, 5.74) is 2.99. The van der Waals surface area contributed by atoms with Gasteiger partial charge in [-0.15, -0.1) is 0 Å². The lowest BCUT2D eigenvalue weighted by molar-refractivity contribution is 0.628. The first-order chi connectivity index (χ1) is 8.63. The van der Waals surface area contributed by atoms with Crippen molar-refractivity contribution >= 4 is 10.9 Å². The minimum Gasteiger partial charge on any atom is -0.352 e. The zero-order valence-corrected chi connectivity index (χ0v) is 9.80. The molecule has 0 aliphatic carbocycles. The average Bonchev–Trinajstić information content (AvgIpc) is 2.74. The summed E-state index contributed by atoms with van der Waals surface area (Å²) in [6.07, 6.45) is 0. The molecule has 3 rings (SSSR count). The first-order valence-electron chi connectivity index (χ1n) is 5.68. The summed E-state index contributed by atoms with van der Waals surface area (Å²) in [6, 6.07) is 11.4. The minimum atomic E-state index is -0.281. The Bertz CT molecular complexity index is 711. The molecule has 2 aromatic carbocycles. The van der Waals surface area contributed by atoms with Crippen molar-refractivity contribution in [1.82, 2.24) is 4.98 Å². The highest BCUT2D eigenvalue weighted by atomic mass is 19.1. The predicted molar refractivity (Wildman–Crippen MR) is 68.4 cm³/mol. The summed E-state index contributed by atoms with van der Waals surface area (Å²) in [5.74, 6) is -0.546. The Labute approximate surface area is 103 Å². The number of nitrogens with one attached hydrogen (secondary N) is 1. The lowest BCUT2D eigenvalue weighted by Gasteiger charge is -1.97. The van der Waals surface area contributed by atoms with E-state index in [1.807, 2.05) is 19.1 Å². The third kappa shape index (κ3) is 1.78. The average molecular weight is 243 g/mol. The third-order valence-corrected chi connectivity index (χ3v) is 2.98. The van der Waals surface area contributed by atoms with Crippen molar-refractivity contribution < 1.29 is 8.78 Å². The maximum absolute atomic E-state index is 13.7. The number of aromatic nitrogens is 1. The van der Waals surface area contributed by atoms with E-state index in [9.17, 15) is 8.78 Å². The second kappa shape index (κ2) is 3.95. The van der Waals surface area contributed by atoms with Gasteiger partial charge in [0.25, 0.3) is 0 Å². The molecule has 3 aromatic rings. The summed E-state index contributed by atoms with van der Waals surface area (Å²) in [6.45, 7) is 1.85. The largest absolute Gasteiger partial charge is 0.352 e. The van der Waals surface area contributed by atoms with E-state index in [0.29, 0.717) is 5.52 Å². The summed E-state index contributed by atoms with van der Waals surface area (Å²) in [4.78, 5) is 3.03. The van der Waals surface area contributed by atoms with E-state index in [4.69, 9.17) is 0 Å². The van der Waals surface area contributed by atoms with Gasteiger partial charge in [0.1, 0.15) is 11.6 Å². The fourth-order valence-corrected chi connectivity index (χ4v) is 2.13. The topological polar surface area (TPSA) is 15.8 Å². The van der Waals surface area contributed by atoms with Crippen LogP contribution in [0.5, 0.6) is 0 Å². The molecule has 0 aliphatic rings. The number of rotatable bonds is 1. The molecule has 0 aliphatic heterocycles. The monoisotopic (exact) mass is 243 g/mol. The highest BCUT2D eigenvalue weighted by Crippen LogP contribution is 2.26. The van der Waals surface area contributed by atoms with Gasteiger partial charge in [-0.25, -0.2) is 8.78 Å². The van der Waals surface area contributed by atoms with Crippen LogP contribution in [0.25, 0.3) is 22.2 Å². The Hall–Kier alpha value is -2.16. The van der Waals surface area contributed by atoms with Crippen LogP contribution in [0.2, 0.25) is 0 Å². The fraction of sp³-hybridized carbons (Fsp3) is 0.0667. The van der Waals surface area contributed by atoms with Crippen LogP contribution in [0.4, 0.5) is 8.78 Å². The van der Waals surface area contributed by atoms with Gasteiger partial charge < -0.3 is 4.98 Å². The molecule has 18 heavy (non-hydrogen) atoms. The summed E-state index contributed by atoms with van der Waals surface area (Å²) in [7, 11) is 0. The molecule has 3 heteroatoms. The Balaban J connectivity index is 2.19. The Morgan fingerprint density at radius 2 is 1.67 bits per heavy atom. The van der Waals surface area contributed by atoms with Gasteiger partial charge in [0.05, 0.1) is 5.52 Å². The van der Waals surface area contributed by atoms with Crippen molar-refractivity contribution in [2.24, 2.45) is 0 Å². The van der Waals surface area contributed by atoms with Gasteiger partial charge in [-0.1, -0.05) is 0 Å². The number of H-pyrrole nitrogens is 1. The molecule has 0 amide bonds. The second-order valence-corrected chi connectivity index (χ2v) is 4.40. The number of aryl methyl sites for hydroxylation is 1. The van der Waals surface area contributed by atoms with Gasteiger partial charge in [0.15, 0.2) is 0 Å². The van der Waals surface area contributed by atoms with E-state index in [1.54, 1.807) is 12.1 Å². The fourth-order valence-electron chi connectivity index (χ4n) is 2.13. The van der Waals surface area contributed by atoms with Crippen LogP contribution in [0, 0.1) is 18.6 Å². The van der Waals surface area contributed by atoms with Crippen LogP contribution in [0.3, 0.4) is 0 Å². The van der Waals surface area contributed by atoms with Crippen molar-refractivity contribution in [3.8, 4) is 11.3 Å². The van der Waals surface area contributed by atoms with Gasteiger partial charge in [0.2, 0.25) is 0 Å². The molecule has 1 N–H and O–H groups in total. The Morgan fingerprint density at radius 1 is 0.944 bits per heavy atom. The van der Waals surface area contributed by atoms with Gasteiger partial charge in [-0.2, -0.15) is 0 Å². The molecule has 1 heterocycles. The van der Waals surface area contributed by atoms with E-state index in [0.717, 1.165) is 22.2 Å². The SMILES string of the molecule is Cc1cc(F)c2[nH]c(-c3ccc(F)cc3)cc2c1. The maximum Gasteiger partial charge on any atom is 0.147 e. The number of hydrogen-bond acceptors (Lipinski definition) is 0. The lowest BCUT2D eigenvalue weighted by Crippen LogP contribution is -1.81. The van der Waals surface area contributed by atoms with Crippen molar-refractivity contribution in [2.45, 2.75) is 6.92 Å². The molecule has 0 bridgehead atoms. The van der Waals surface area contributed by atoms with Crippen LogP contribution in [-0.4, -0.2) is 4.98 Å². The number of halogens is 2. The number of aromatic amines is 1. The molecule has 1 nitrogen and oxygen atoms in total. The number of hydrogen-bond donors (Lipinski definition) is 1. The number of fused-ring (bicyclic) bond motifs is 1. The number of benzene rings is 2. The van der Waals surface area contributed by atoms with Crippen LogP contribution in [0.1, 0.15) is 5.56 Å². The van der Waals surface area contributed by atoms with Gasteiger partial charge >= 0.3 is 0 Å². The quantitative estimate of drug-likeness (QED) is 0.651. The molecular weight excluding hydrogens is 232 g/mol. The van der Waals surface area contributed by atoms with Gasteiger partial charge in [-0.3, -0.25) is 0 Å². The van der Waals surface area contributed by atoms with Crippen LogP contribution in [0.15, 0.2) is 42.5 Å². The molecule has 0 spiro atoms.